The largest absolute Gasteiger partial charge is 0.316 e. The molecule has 4 nitrogen and oxygen atoms in total. The number of nitrogens with zero attached hydrogens (tertiary/aromatic N) is 3. The van der Waals surface area contributed by atoms with E-state index >= 15 is 0 Å². The SMILES string of the molecule is CNCc1c(C)cc(C)nc1-n1cc(Cl)c(C)n1. The summed E-state index contributed by atoms with van der Waals surface area (Å²) in [6.45, 7) is 6.71. The van der Waals surface area contributed by atoms with Crippen molar-refractivity contribution in [3.63, 3.8) is 0 Å². The number of halogens is 1. The first-order chi connectivity index (χ1) is 8.52. The summed E-state index contributed by atoms with van der Waals surface area (Å²) >= 11 is 6.06. The van der Waals surface area contributed by atoms with Gasteiger partial charge >= 0.3 is 0 Å². The number of rotatable bonds is 3. The quantitative estimate of drug-likeness (QED) is 0.927. The molecule has 2 aromatic rings. The van der Waals surface area contributed by atoms with Gasteiger partial charge in [-0.15, -0.1) is 0 Å². The molecule has 2 heterocycles. The van der Waals surface area contributed by atoms with Gasteiger partial charge < -0.3 is 5.32 Å². The third-order valence-corrected chi connectivity index (χ3v) is 3.23. The molecule has 0 aliphatic carbocycles. The van der Waals surface area contributed by atoms with Crippen molar-refractivity contribution in [2.45, 2.75) is 27.3 Å². The summed E-state index contributed by atoms with van der Waals surface area (Å²) in [7, 11) is 1.92. The molecule has 0 aliphatic heterocycles. The Bertz CT molecular complexity index is 555. The van der Waals surface area contributed by atoms with E-state index in [0.717, 1.165) is 29.3 Å². The van der Waals surface area contributed by atoms with Crippen LogP contribution in [0.15, 0.2) is 12.3 Å². The van der Waals surface area contributed by atoms with Crippen LogP contribution in [-0.4, -0.2) is 21.8 Å². The lowest BCUT2D eigenvalue weighted by molar-refractivity contribution is 0.757. The molecule has 0 spiro atoms. The van der Waals surface area contributed by atoms with Crippen LogP contribution < -0.4 is 5.32 Å². The molecule has 0 saturated heterocycles. The van der Waals surface area contributed by atoms with E-state index in [2.05, 4.69) is 28.4 Å². The molecule has 18 heavy (non-hydrogen) atoms. The van der Waals surface area contributed by atoms with E-state index in [0.29, 0.717) is 5.02 Å². The molecule has 0 aromatic carbocycles. The van der Waals surface area contributed by atoms with Gasteiger partial charge in [-0.2, -0.15) is 5.10 Å². The van der Waals surface area contributed by atoms with Crippen LogP contribution >= 0.6 is 11.6 Å². The molecule has 0 radical (unpaired) electrons. The van der Waals surface area contributed by atoms with E-state index in [-0.39, 0.29) is 0 Å². The van der Waals surface area contributed by atoms with Gasteiger partial charge in [0.1, 0.15) is 0 Å². The van der Waals surface area contributed by atoms with Crippen LogP contribution in [0.1, 0.15) is 22.5 Å². The van der Waals surface area contributed by atoms with Gasteiger partial charge in [-0.05, 0) is 39.4 Å². The smallest absolute Gasteiger partial charge is 0.158 e. The first kappa shape index (κ1) is 13.1. The van der Waals surface area contributed by atoms with Gasteiger partial charge in [-0.1, -0.05) is 11.6 Å². The molecule has 1 N–H and O–H groups in total. The van der Waals surface area contributed by atoms with Crippen molar-refractivity contribution < 1.29 is 0 Å². The van der Waals surface area contributed by atoms with Crippen LogP contribution in [0.25, 0.3) is 5.82 Å². The Kier molecular flexibility index (Phi) is 3.68. The second-order valence-electron chi connectivity index (χ2n) is 4.42. The number of nitrogens with one attached hydrogen (secondary N) is 1. The number of pyridine rings is 1. The Hall–Kier alpha value is -1.39. The number of aryl methyl sites for hydroxylation is 3. The van der Waals surface area contributed by atoms with E-state index in [1.165, 1.54) is 5.56 Å². The summed E-state index contributed by atoms with van der Waals surface area (Å²) in [5, 5.41) is 8.22. The fraction of sp³-hybridized carbons (Fsp3) is 0.385. The Balaban J connectivity index is 2.61. The second kappa shape index (κ2) is 5.08. The minimum atomic E-state index is 0.659. The summed E-state index contributed by atoms with van der Waals surface area (Å²) in [5.41, 5.74) is 4.14. The second-order valence-corrected chi connectivity index (χ2v) is 4.83. The van der Waals surface area contributed by atoms with Crippen molar-refractivity contribution in [2.75, 3.05) is 7.05 Å². The third kappa shape index (κ3) is 2.40. The fourth-order valence-corrected chi connectivity index (χ4v) is 2.11. The fourth-order valence-electron chi connectivity index (χ4n) is 1.98. The van der Waals surface area contributed by atoms with E-state index in [4.69, 9.17) is 11.6 Å². The zero-order chi connectivity index (χ0) is 13.3. The molecule has 0 aliphatic rings. The Morgan fingerprint density at radius 3 is 2.61 bits per heavy atom. The Labute approximate surface area is 112 Å². The maximum atomic E-state index is 6.06. The lowest BCUT2D eigenvalue weighted by atomic mass is 10.1. The maximum Gasteiger partial charge on any atom is 0.158 e. The summed E-state index contributed by atoms with van der Waals surface area (Å²) in [4.78, 5) is 4.58. The summed E-state index contributed by atoms with van der Waals surface area (Å²) < 4.78 is 1.75. The first-order valence-corrected chi connectivity index (χ1v) is 6.24. The number of hydrogen-bond acceptors (Lipinski definition) is 3. The highest BCUT2D eigenvalue weighted by Gasteiger charge is 2.12. The highest BCUT2D eigenvalue weighted by atomic mass is 35.5. The molecular weight excluding hydrogens is 248 g/mol. The van der Waals surface area contributed by atoms with Crippen LogP contribution in [0.3, 0.4) is 0 Å². The summed E-state index contributed by atoms with van der Waals surface area (Å²) in [6, 6.07) is 2.08. The van der Waals surface area contributed by atoms with E-state index < -0.39 is 0 Å². The van der Waals surface area contributed by atoms with Crippen LogP contribution in [0.4, 0.5) is 0 Å². The Morgan fingerprint density at radius 1 is 1.33 bits per heavy atom. The molecule has 0 unspecified atom stereocenters. The van der Waals surface area contributed by atoms with Crippen LogP contribution in [-0.2, 0) is 6.54 Å². The predicted molar refractivity (Wildman–Crippen MR) is 73.3 cm³/mol. The minimum Gasteiger partial charge on any atom is -0.316 e. The minimum absolute atomic E-state index is 0.659. The molecule has 0 saturated carbocycles. The highest BCUT2D eigenvalue weighted by Crippen LogP contribution is 2.20. The zero-order valence-electron chi connectivity index (χ0n) is 11.1. The maximum absolute atomic E-state index is 6.06. The van der Waals surface area contributed by atoms with Gasteiger partial charge in [-0.3, -0.25) is 0 Å². The lowest BCUT2D eigenvalue weighted by Crippen LogP contribution is -2.13. The van der Waals surface area contributed by atoms with Crippen LogP contribution in [0, 0.1) is 20.8 Å². The van der Waals surface area contributed by atoms with E-state index in [9.17, 15) is 0 Å². The van der Waals surface area contributed by atoms with Gasteiger partial charge in [0.05, 0.1) is 16.9 Å². The van der Waals surface area contributed by atoms with Crippen molar-refractivity contribution in [3.8, 4) is 5.82 Å². The normalized spacial score (nSPS) is 10.9. The average molecular weight is 265 g/mol. The first-order valence-electron chi connectivity index (χ1n) is 5.86. The van der Waals surface area contributed by atoms with Crippen LogP contribution in [0.2, 0.25) is 5.02 Å². The standard InChI is InChI=1S/C13H17ClN4/c1-8-5-9(2)16-13(11(8)6-15-4)18-7-12(14)10(3)17-18/h5,7,15H,6H2,1-4H3. The van der Waals surface area contributed by atoms with Gasteiger partial charge in [0.15, 0.2) is 5.82 Å². The molecule has 5 heteroatoms. The van der Waals surface area contributed by atoms with Gasteiger partial charge in [0.25, 0.3) is 0 Å². The summed E-state index contributed by atoms with van der Waals surface area (Å²) in [5.74, 6) is 0.844. The van der Waals surface area contributed by atoms with Gasteiger partial charge in [0, 0.05) is 17.8 Å². The highest BCUT2D eigenvalue weighted by molar-refractivity contribution is 6.31. The predicted octanol–water partition coefficient (Wildman–Crippen LogP) is 2.57. The molecule has 0 atom stereocenters. The van der Waals surface area contributed by atoms with E-state index in [1.54, 1.807) is 10.9 Å². The molecule has 2 aromatic heterocycles. The van der Waals surface area contributed by atoms with Gasteiger partial charge in [0.2, 0.25) is 0 Å². The Morgan fingerprint density at radius 2 is 2.06 bits per heavy atom. The van der Waals surface area contributed by atoms with Gasteiger partial charge in [-0.25, -0.2) is 9.67 Å². The van der Waals surface area contributed by atoms with Crippen molar-refractivity contribution in [1.29, 1.82) is 0 Å². The molecule has 0 bridgehead atoms. The zero-order valence-corrected chi connectivity index (χ0v) is 11.8. The van der Waals surface area contributed by atoms with E-state index in [1.807, 2.05) is 20.9 Å². The molecule has 0 amide bonds. The average Bonchev–Trinajstić information content (AvgIpc) is 2.63. The number of hydrogen-bond donors (Lipinski definition) is 1. The molecule has 2 rings (SSSR count). The molecule has 0 fully saturated rings. The molecule has 96 valence electrons. The number of aromatic nitrogens is 3. The van der Waals surface area contributed by atoms with Crippen molar-refractivity contribution in [2.24, 2.45) is 0 Å². The monoisotopic (exact) mass is 264 g/mol. The topological polar surface area (TPSA) is 42.7 Å². The summed E-state index contributed by atoms with van der Waals surface area (Å²) in [6.07, 6.45) is 1.80. The lowest BCUT2D eigenvalue weighted by Gasteiger charge is -2.12. The van der Waals surface area contributed by atoms with Crippen molar-refractivity contribution in [1.82, 2.24) is 20.1 Å². The van der Waals surface area contributed by atoms with Crippen molar-refractivity contribution in [3.05, 3.63) is 39.8 Å². The molecular formula is C13H17ClN4. The van der Waals surface area contributed by atoms with Crippen molar-refractivity contribution >= 4 is 11.6 Å². The third-order valence-electron chi connectivity index (χ3n) is 2.86. The van der Waals surface area contributed by atoms with Crippen LogP contribution in [0.5, 0.6) is 0 Å².